The summed E-state index contributed by atoms with van der Waals surface area (Å²) in [5.74, 6) is -3.08. The maximum Gasteiger partial charge on any atom is 0.266 e. The Kier molecular flexibility index (Phi) is 2.69. The van der Waals surface area contributed by atoms with Crippen molar-refractivity contribution in [1.29, 1.82) is 0 Å². The zero-order valence-electron chi connectivity index (χ0n) is 8.84. The molecule has 1 aliphatic heterocycles. The van der Waals surface area contributed by atoms with Crippen molar-refractivity contribution in [2.24, 2.45) is 0 Å². The van der Waals surface area contributed by atoms with Crippen LogP contribution < -0.4 is 9.64 Å². The SMILES string of the molecule is COc1ccc(N2CCC(F)(F)C2)cc1F. The van der Waals surface area contributed by atoms with Crippen LogP contribution in [0.4, 0.5) is 18.9 Å². The minimum absolute atomic E-state index is 0.120. The molecule has 0 aliphatic carbocycles. The van der Waals surface area contributed by atoms with Crippen LogP contribution in [0.1, 0.15) is 6.42 Å². The first-order valence-corrected chi connectivity index (χ1v) is 4.98. The summed E-state index contributed by atoms with van der Waals surface area (Å²) in [6.45, 7) is -0.0997. The lowest BCUT2D eigenvalue weighted by atomic mass is 10.2. The van der Waals surface area contributed by atoms with Crippen LogP contribution >= 0.6 is 0 Å². The summed E-state index contributed by atoms with van der Waals surface area (Å²) >= 11 is 0. The molecule has 2 nitrogen and oxygen atoms in total. The van der Waals surface area contributed by atoms with Crippen molar-refractivity contribution < 1.29 is 17.9 Å². The molecule has 0 N–H and O–H groups in total. The molecule has 0 unspecified atom stereocenters. The number of methoxy groups -OCH3 is 1. The van der Waals surface area contributed by atoms with Gasteiger partial charge in [0.05, 0.1) is 13.7 Å². The highest BCUT2D eigenvalue weighted by Crippen LogP contribution is 2.32. The highest BCUT2D eigenvalue weighted by Gasteiger charge is 2.38. The molecule has 1 aliphatic rings. The van der Waals surface area contributed by atoms with Gasteiger partial charge in [-0.25, -0.2) is 13.2 Å². The van der Waals surface area contributed by atoms with Crippen LogP contribution in [0.3, 0.4) is 0 Å². The van der Waals surface area contributed by atoms with Crippen LogP contribution in [0.2, 0.25) is 0 Å². The molecule has 5 heteroatoms. The second-order valence-corrected chi connectivity index (χ2v) is 3.85. The number of hydrogen-bond donors (Lipinski definition) is 0. The zero-order valence-corrected chi connectivity index (χ0v) is 8.84. The van der Waals surface area contributed by atoms with E-state index in [4.69, 9.17) is 4.74 Å². The largest absolute Gasteiger partial charge is 0.494 e. The second-order valence-electron chi connectivity index (χ2n) is 3.85. The summed E-state index contributed by atoms with van der Waals surface area (Å²) in [6, 6.07) is 4.25. The molecular formula is C11H12F3NO. The van der Waals surface area contributed by atoms with E-state index in [0.717, 1.165) is 0 Å². The van der Waals surface area contributed by atoms with Crippen molar-refractivity contribution in [3.05, 3.63) is 24.0 Å². The van der Waals surface area contributed by atoms with E-state index in [0.29, 0.717) is 5.69 Å². The summed E-state index contributed by atoms with van der Waals surface area (Å²) in [4.78, 5) is 1.47. The first-order chi connectivity index (χ1) is 7.52. The third kappa shape index (κ3) is 2.08. The Hall–Kier alpha value is -1.39. The zero-order chi connectivity index (χ0) is 11.8. The van der Waals surface area contributed by atoms with E-state index in [-0.39, 0.29) is 25.3 Å². The Morgan fingerprint density at radius 2 is 2.12 bits per heavy atom. The van der Waals surface area contributed by atoms with Gasteiger partial charge in [-0.3, -0.25) is 0 Å². The average molecular weight is 231 g/mol. The molecular weight excluding hydrogens is 219 g/mol. The highest BCUT2D eigenvalue weighted by molar-refractivity contribution is 5.51. The number of alkyl halides is 2. The summed E-state index contributed by atoms with van der Waals surface area (Å²) < 4.78 is 44.1. The van der Waals surface area contributed by atoms with E-state index in [1.807, 2.05) is 0 Å². The van der Waals surface area contributed by atoms with E-state index in [1.54, 1.807) is 6.07 Å². The van der Waals surface area contributed by atoms with Crippen molar-refractivity contribution in [3.8, 4) is 5.75 Å². The van der Waals surface area contributed by atoms with Gasteiger partial charge in [0, 0.05) is 24.7 Å². The van der Waals surface area contributed by atoms with Crippen LogP contribution in [0.25, 0.3) is 0 Å². The standard InChI is InChI=1S/C11H12F3NO/c1-16-10-3-2-8(6-9(10)12)15-5-4-11(13,14)7-15/h2-3,6H,4-5,7H2,1H3. The first-order valence-electron chi connectivity index (χ1n) is 4.98. The third-order valence-electron chi connectivity index (χ3n) is 2.67. The lowest BCUT2D eigenvalue weighted by Crippen LogP contribution is -2.24. The fraction of sp³-hybridized carbons (Fsp3) is 0.455. The van der Waals surface area contributed by atoms with Crippen LogP contribution in [0.15, 0.2) is 18.2 Å². The molecule has 1 fully saturated rings. The lowest BCUT2D eigenvalue weighted by molar-refractivity contribution is 0.0257. The summed E-state index contributed by atoms with van der Waals surface area (Å²) in [5.41, 5.74) is 0.468. The van der Waals surface area contributed by atoms with Gasteiger partial charge in [0.2, 0.25) is 0 Å². The number of halogens is 3. The fourth-order valence-electron chi connectivity index (χ4n) is 1.81. The van der Waals surface area contributed by atoms with Gasteiger partial charge in [0.15, 0.2) is 11.6 Å². The number of rotatable bonds is 2. The predicted molar refractivity (Wildman–Crippen MR) is 54.7 cm³/mol. The van der Waals surface area contributed by atoms with E-state index >= 15 is 0 Å². The van der Waals surface area contributed by atoms with E-state index in [1.165, 1.54) is 24.1 Å². The van der Waals surface area contributed by atoms with Gasteiger partial charge >= 0.3 is 0 Å². The molecule has 0 amide bonds. The van der Waals surface area contributed by atoms with E-state index < -0.39 is 11.7 Å². The Bertz CT molecular complexity index is 395. The topological polar surface area (TPSA) is 12.5 Å². The summed E-state index contributed by atoms with van der Waals surface area (Å²) in [7, 11) is 1.36. The number of hydrogen-bond acceptors (Lipinski definition) is 2. The van der Waals surface area contributed by atoms with Crippen LogP contribution in [-0.4, -0.2) is 26.1 Å². The number of nitrogens with zero attached hydrogens (tertiary/aromatic N) is 1. The van der Waals surface area contributed by atoms with Gasteiger partial charge in [0.25, 0.3) is 5.92 Å². The quantitative estimate of drug-likeness (QED) is 0.775. The minimum Gasteiger partial charge on any atom is -0.494 e. The van der Waals surface area contributed by atoms with Gasteiger partial charge in [0.1, 0.15) is 0 Å². The summed E-state index contributed by atoms with van der Waals surface area (Å²) in [5, 5.41) is 0. The smallest absolute Gasteiger partial charge is 0.266 e. The molecule has 1 aromatic rings. The van der Waals surface area contributed by atoms with Gasteiger partial charge in [-0.15, -0.1) is 0 Å². The number of benzene rings is 1. The number of anilines is 1. The van der Waals surface area contributed by atoms with Crippen molar-refractivity contribution in [2.75, 3.05) is 25.1 Å². The normalized spacial score (nSPS) is 18.9. The Balaban J connectivity index is 2.20. The van der Waals surface area contributed by atoms with Crippen molar-refractivity contribution in [2.45, 2.75) is 12.3 Å². The van der Waals surface area contributed by atoms with Gasteiger partial charge in [-0.05, 0) is 12.1 Å². The van der Waals surface area contributed by atoms with Crippen LogP contribution in [0, 0.1) is 5.82 Å². The highest BCUT2D eigenvalue weighted by atomic mass is 19.3. The van der Waals surface area contributed by atoms with E-state index in [2.05, 4.69) is 0 Å². The Morgan fingerprint density at radius 1 is 1.38 bits per heavy atom. The molecule has 0 saturated carbocycles. The average Bonchev–Trinajstić information content (AvgIpc) is 2.59. The molecule has 0 atom stereocenters. The molecule has 2 rings (SSSR count). The van der Waals surface area contributed by atoms with Gasteiger partial charge in [-0.2, -0.15) is 0 Å². The Morgan fingerprint density at radius 3 is 2.62 bits per heavy atom. The summed E-state index contributed by atoms with van der Waals surface area (Å²) in [6.07, 6.45) is -0.180. The first kappa shape index (κ1) is 11.1. The van der Waals surface area contributed by atoms with Crippen molar-refractivity contribution in [3.63, 3.8) is 0 Å². The Labute approximate surface area is 91.6 Å². The second kappa shape index (κ2) is 3.88. The number of ether oxygens (including phenoxy) is 1. The van der Waals surface area contributed by atoms with Crippen LogP contribution in [0.5, 0.6) is 5.75 Å². The lowest BCUT2D eigenvalue weighted by Gasteiger charge is -2.18. The molecule has 1 aromatic carbocycles. The fourth-order valence-corrected chi connectivity index (χ4v) is 1.81. The predicted octanol–water partition coefficient (Wildman–Crippen LogP) is 2.68. The van der Waals surface area contributed by atoms with E-state index in [9.17, 15) is 13.2 Å². The minimum atomic E-state index is -2.67. The molecule has 0 aromatic heterocycles. The molecule has 1 saturated heterocycles. The van der Waals surface area contributed by atoms with Crippen LogP contribution in [-0.2, 0) is 0 Å². The van der Waals surface area contributed by atoms with Crippen molar-refractivity contribution in [1.82, 2.24) is 0 Å². The maximum atomic E-state index is 13.4. The molecule has 88 valence electrons. The van der Waals surface area contributed by atoms with Crippen molar-refractivity contribution >= 4 is 5.69 Å². The molecule has 0 radical (unpaired) electrons. The third-order valence-corrected chi connectivity index (χ3v) is 2.67. The molecule has 0 spiro atoms. The monoisotopic (exact) mass is 231 g/mol. The molecule has 0 bridgehead atoms. The van der Waals surface area contributed by atoms with Gasteiger partial charge in [-0.1, -0.05) is 0 Å². The van der Waals surface area contributed by atoms with Gasteiger partial charge < -0.3 is 9.64 Å². The maximum absolute atomic E-state index is 13.4. The molecule has 1 heterocycles. The molecule has 16 heavy (non-hydrogen) atoms.